The minimum Gasteiger partial charge on any atom is -0.497 e. The van der Waals surface area contributed by atoms with E-state index in [0.29, 0.717) is 12.3 Å². The van der Waals surface area contributed by atoms with Crippen molar-refractivity contribution in [2.24, 2.45) is 10.1 Å². The van der Waals surface area contributed by atoms with E-state index < -0.39 is 0 Å². The maximum atomic E-state index is 5.56. The van der Waals surface area contributed by atoms with Gasteiger partial charge in [-0.05, 0) is 44.2 Å². The number of ether oxygens (including phenoxy) is 2. The average molecular weight is 398 g/mol. The summed E-state index contributed by atoms with van der Waals surface area (Å²) in [6.07, 6.45) is 1.63. The molecule has 0 spiro atoms. The highest BCUT2D eigenvalue weighted by molar-refractivity contribution is 7.07. The van der Waals surface area contributed by atoms with E-state index in [1.165, 1.54) is 11.3 Å². The van der Waals surface area contributed by atoms with Gasteiger partial charge >= 0.3 is 0 Å². The van der Waals surface area contributed by atoms with Crippen LogP contribution in [0.5, 0.6) is 11.5 Å². The first-order valence-electron chi connectivity index (χ1n) is 8.70. The van der Waals surface area contributed by atoms with Crippen LogP contribution in [-0.2, 0) is 0 Å². The molecule has 0 saturated heterocycles. The Kier molecular flexibility index (Phi) is 6.16. The van der Waals surface area contributed by atoms with Gasteiger partial charge in [-0.1, -0.05) is 12.2 Å². The Morgan fingerprint density at radius 2 is 2.04 bits per heavy atom. The van der Waals surface area contributed by atoms with Gasteiger partial charge in [-0.15, -0.1) is 11.3 Å². The number of furan rings is 1. The second kappa shape index (κ2) is 8.75. The van der Waals surface area contributed by atoms with E-state index in [4.69, 9.17) is 19.0 Å². The molecule has 0 unspecified atom stereocenters. The fourth-order valence-electron chi connectivity index (χ4n) is 2.59. The van der Waals surface area contributed by atoms with Crippen LogP contribution in [0.3, 0.4) is 0 Å². The summed E-state index contributed by atoms with van der Waals surface area (Å²) in [6, 6.07) is 9.39. The first kappa shape index (κ1) is 19.7. The first-order valence-corrected chi connectivity index (χ1v) is 9.58. The Morgan fingerprint density at radius 3 is 2.68 bits per heavy atom. The highest BCUT2D eigenvalue weighted by Gasteiger charge is 2.15. The van der Waals surface area contributed by atoms with E-state index >= 15 is 0 Å². The summed E-state index contributed by atoms with van der Waals surface area (Å²) in [4.78, 5) is 5.41. The third-order valence-electron chi connectivity index (χ3n) is 3.98. The van der Waals surface area contributed by atoms with Crippen LogP contribution in [0, 0.1) is 0 Å². The first-order chi connectivity index (χ1) is 13.5. The van der Waals surface area contributed by atoms with Gasteiger partial charge in [0.1, 0.15) is 23.0 Å². The number of aromatic nitrogens is 1. The molecular weight excluding hydrogens is 374 g/mol. The van der Waals surface area contributed by atoms with Crippen LogP contribution < -0.4 is 14.3 Å². The van der Waals surface area contributed by atoms with E-state index in [0.717, 1.165) is 38.8 Å². The lowest BCUT2D eigenvalue weighted by molar-refractivity contribution is 0.404. The van der Waals surface area contributed by atoms with Crippen molar-refractivity contribution in [2.45, 2.75) is 13.8 Å². The highest BCUT2D eigenvalue weighted by Crippen LogP contribution is 2.33. The fourth-order valence-corrected chi connectivity index (χ4v) is 3.41. The molecule has 0 saturated carbocycles. The second-order valence-electron chi connectivity index (χ2n) is 6.22. The van der Waals surface area contributed by atoms with Crippen LogP contribution in [0.1, 0.15) is 19.6 Å². The Hall–Kier alpha value is -3.06. The maximum Gasteiger partial charge on any atom is 0.206 e. The summed E-state index contributed by atoms with van der Waals surface area (Å²) in [5.41, 5.74) is 3.44. The number of hydrogen-bond donors (Lipinski definition) is 0. The van der Waals surface area contributed by atoms with Crippen LogP contribution in [0.2, 0.25) is 0 Å². The lowest BCUT2D eigenvalue weighted by Crippen LogP contribution is -2.15. The topological polar surface area (TPSA) is 61.2 Å². The van der Waals surface area contributed by atoms with Gasteiger partial charge in [0.2, 0.25) is 4.80 Å². The van der Waals surface area contributed by atoms with Crippen molar-refractivity contribution in [2.75, 3.05) is 20.8 Å². The highest BCUT2D eigenvalue weighted by atomic mass is 32.1. The summed E-state index contributed by atoms with van der Waals surface area (Å²) in [5.74, 6) is 2.17. The van der Waals surface area contributed by atoms with E-state index in [1.54, 1.807) is 20.5 Å². The summed E-state index contributed by atoms with van der Waals surface area (Å²) < 4.78 is 18.2. The molecule has 3 aromatic rings. The Bertz CT molecular complexity index is 1060. The largest absolute Gasteiger partial charge is 0.497 e. The molecule has 0 atom stereocenters. The molecule has 2 heterocycles. The molecule has 0 aliphatic rings. The number of thiazole rings is 1. The quantitative estimate of drug-likeness (QED) is 0.433. The van der Waals surface area contributed by atoms with Crippen LogP contribution in [0.15, 0.2) is 68.6 Å². The van der Waals surface area contributed by atoms with Crippen molar-refractivity contribution in [3.05, 3.63) is 64.7 Å². The molecule has 3 rings (SSSR count). The van der Waals surface area contributed by atoms with Gasteiger partial charge in [-0.3, -0.25) is 4.99 Å². The predicted molar refractivity (Wildman–Crippen MR) is 112 cm³/mol. The van der Waals surface area contributed by atoms with Crippen molar-refractivity contribution in [3.63, 3.8) is 0 Å². The van der Waals surface area contributed by atoms with E-state index in [2.05, 4.69) is 11.6 Å². The van der Waals surface area contributed by atoms with Crippen molar-refractivity contribution in [3.8, 4) is 22.8 Å². The minimum absolute atomic E-state index is 0.532. The zero-order valence-corrected chi connectivity index (χ0v) is 17.2. The molecule has 1 aromatic carbocycles. The molecule has 0 aliphatic carbocycles. The van der Waals surface area contributed by atoms with Gasteiger partial charge in [0, 0.05) is 10.9 Å². The van der Waals surface area contributed by atoms with Gasteiger partial charge < -0.3 is 13.9 Å². The second-order valence-corrected chi connectivity index (χ2v) is 7.05. The fraction of sp³-hybridized carbons (Fsp3) is 0.238. The third-order valence-corrected chi connectivity index (χ3v) is 4.83. The van der Waals surface area contributed by atoms with Crippen LogP contribution >= 0.6 is 11.3 Å². The lowest BCUT2D eigenvalue weighted by atomic mass is 10.1. The van der Waals surface area contributed by atoms with E-state index in [9.17, 15) is 0 Å². The Labute approximate surface area is 168 Å². The third kappa shape index (κ3) is 4.26. The van der Waals surface area contributed by atoms with Gasteiger partial charge in [-0.25, -0.2) is 4.68 Å². The normalized spacial score (nSPS) is 12.3. The average Bonchev–Trinajstić information content (AvgIpc) is 3.36. The smallest absolute Gasteiger partial charge is 0.206 e. The molecule has 0 fully saturated rings. The number of benzene rings is 1. The minimum atomic E-state index is 0.532. The van der Waals surface area contributed by atoms with E-state index in [1.807, 2.05) is 54.2 Å². The molecule has 0 N–H and O–H groups in total. The van der Waals surface area contributed by atoms with Crippen molar-refractivity contribution < 1.29 is 13.9 Å². The number of methoxy groups -OCH3 is 2. The van der Waals surface area contributed by atoms with Crippen LogP contribution in [0.25, 0.3) is 11.3 Å². The Morgan fingerprint density at radius 1 is 1.21 bits per heavy atom. The van der Waals surface area contributed by atoms with Gasteiger partial charge in [-0.2, -0.15) is 5.10 Å². The summed E-state index contributed by atoms with van der Waals surface area (Å²) in [6.45, 7) is 8.31. The monoisotopic (exact) mass is 397 g/mol. The van der Waals surface area contributed by atoms with Gasteiger partial charge in [0.15, 0.2) is 0 Å². The van der Waals surface area contributed by atoms with Gasteiger partial charge in [0.25, 0.3) is 0 Å². The lowest BCUT2D eigenvalue weighted by Gasteiger charge is -2.11. The van der Waals surface area contributed by atoms with Crippen LogP contribution in [-0.4, -0.2) is 31.2 Å². The SMILES string of the molecule is C=C(C)CN=c1scc(-c2cc(OC)ccc2OC)n1N=C(C)c1ccco1. The zero-order chi connectivity index (χ0) is 20.1. The maximum absolute atomic E-state index is 5.56. The Balaban J connectivity index is 2.21. The standard InChI is InChI=1S/C21H23N3O3S/c1-14(2)12-22-21-24(23-15(3)19-7-6-10-27-19)18(13-28-21)17-11-16(25-4)8-9-20(17)26-5/h6-11,13H,1,12H2,2-5H3. The predicted octanol–water partition coefficient (Wildman–Crippen LogP) is 4.58. The molecule has 146 valence electrons. The molecule has 0 aliphatic heterocycles. The molecule has 0 bridgehead atoms. The van der Waals surface area contributed by atoms with Gasteiger partial charge in [0.05, 0.1) is 32.7 Å². The molecule has 7 heteroatoms. The number of hydrogen-bond acceptors (Lipinski definition) is 6. The van der Waals surface area contributed by atoms with Crippen molar-refractivity contribution in [1.29, 1.82) is 0 Å². The molecule has 0 amide bonds. The zero-order valence-electron chi connectivity index (χ0n) is 16.4. The number of rotatable bonds is 7. The molecule has 6 nitrogen and oxygen atoms in total. The van der Waals surface area contributed by atoms with Crippen LogP contribution in [0.4, 0.5) is 0 Å². The summed E-state index contributed by atoms with van der Waals surface area (Å²) in [5, 5.41) is 6.78. The summed E-state index contributed by atoms with van der Waals surface area (Å²) >= 11 is 1.51. The molecular formula is C21H23N3O3S. The number of nitrogens with zero attached hydrogens (tertiary/aromatic N) is 3. The van der Waals surface area contributed by atoms with E-state index in [-0.39, 0.29) is 0 Å². The summed E-state index contributed by atoms with van der Waals surface area (Å²) in [7, 11) is 3.28. The van der Waals surface area contributed by atoms with Crippen molar-refractivity contribution in [1.82, 2.24) is 4.68 Å². The molecule has 28 heavy (non-hydrogen) atoms. The molecule has 0 radical (unpaired) electrons. The molecule has 2 aromatic heterocycles. The van der Waals surface area contributed by atoms with Crippen molar-refractivity contribution >= 4 is 17.0 Å².